The largest absolute Gasteiger partial charge is 0.375 e. The summed E-state index contributed by atoms with van der Waals surface area (Å²) in [6, 6.07) is 6.71. The van der Waals surface area contributed by atoms with Crippen molar-refractivity contribution in [1.82, 2.24) is 9.80 Å². The maximum absolute atomic E-state index is 12.8. The molecule has 2 saturated heterocycles. The molecule has 0 radical (unpaired) electrons. The molecule has 4 nitrogen and oxygen atoms in total. The number of hydrogen-bond donors (Lipinski definition) is 0. The highest BCUT2D eigenvalue weighted by atomic mass is 16.5. The van der Waals surface area contributed by atoms with Gasteiger partial charge in [0.05, 0.1) is 5.60 Å². The van der Waals surface area contributed by atoms with Gasteiger partial charge in [-0.1, -0.05) is 17.2 Å². The van der Waals surface area contributed by atoms with Crippen molar-refractivity contribution in [3.05, 3.63) is 34.9 Å². The van der Waals surface area contributed by atoms with Gasteiger partial charge in [0.15, 0.2) is 0 Å². The van der Waals surface area contributed by atoms with Crippen LogP contribution in [0.25, 0.3) is 0 Å². The summed E-state index contributed by atoms with van der Waals surface area (Å²) in [7, 11) is 4.31. The van der Waals surface area contributed by atoms with Gasteiger partial charge in [0.1, 0.15) is 0 Å². The number of nitrogens with zero attached hydrogens (tertiary/aromatic N) is 2. The van der Waals surface area contributed by atoms with Crippen LogP contribution in [-0.4, -0.2) is 61.1 Å². The van der Waals surface area contributed by atoms with Gasteiger partial charge in [-0.2, -0.15) is 0 Å². The summed E-state index contributed by atoms with van der Waals surface area (Å²) in [6.07, 6.45) is 4.10. The van der Waals surface area contributed by atoms with Gasteiger partial charge in [-0.15, -0.1) is 0 Å². The van der Waals surface area contributed by atoms with E-state index < -0.39 is 0 Å². The number of aryl methyl sites for hydroxylation is 2. The molecule has 132 valence electrons. The second kappa shape index (κ2) is 6.85. The van der Waals surface area contributed by atoms with Gasteiger partial charge in [0.25, 0.3) is 5.91 Å². The number of carbonyl (C=O) groups is 1. The molecule has 0 saturated carbocycles. The monoisotopic (exact) mass is 330 g/mol. The topological polar surface area (TPSA) is 32.8 Å². The standard InChI is InChI=1S/C20H30N2O2/c1-15-11-16(2)13-17(12-15)19(23)22-8-6-20(7-9-22)14-18(21(3)4)5-10-24-20/h11-13,18H,5-10,14H2,1-4H3. The Balaban J connectivity index is 1.65. The smallest absolute Gasteiger partial charge is 0.253 e. The SMILES string of the molecule is Cc1cc(C)cc(C(=O)N2CCC3(CC2)CC(N(C)C)CCO3)c1. The van der Waals surface area contributed by atoms with E-state index >= 15 is 0 Å². The minimum absolute atomic E-state index is 0.0213. The van der Waals surface area contributed by atoms with Crippen LogP contribution in [0, 0.1) is 13.8 Å². The molecule has 2 heterocycles. The molecular formula is C20H30N2O2. The van der Waals surface area contributed by atoms with E-state index in [1.165, 1.54) is 0 Å². The molecule has 1 unspecified atom stereocenters. The fraction of sp³-hybridized carbons (Fsp3) is 0.650. The second-order valence-electron chi connectivity index (χ2n) is 7.81. The molecule has 2 fully saturated rings. The van der Waals surface area contributed by atoms with Crippen molar-refractivity contribution in [3.63, 3.8) is 0 Å². The summed E-state index contributed by atoms with van der Waals surface area (Å²) >= 11 is 0. The Morgan fingerprint density at radius 1 is 1.17 bits per heavy atom. The number of likely N-dealkylation sites (tertiary alicyclic amines) is 1. The van der Waals surface area contributed by atoms with Gasteiger partial charge >= 0.3 is 0 Å². The molecule has 3 rings (SSSR count). The van der Waals surface area contributed by atoms with Crippen LogP contribution in [0.2, 0.25) is 0 Å². The average Bonchev–Trinajstić information content (AvgIpc) is 2.54. The maximum Gasteiger partial charge on any atom is 0.253 e. The fourth-order valence-electron chi connectivity index (χ4n) is 4.19. The van der Waals surface area contributed by atoms with E-state index in [9.17, 15) is 4.79 Å². The minimum atomic E-state index is -0.0213. The lowest BCUT2D eigenvalue weighted by Gasteiger charge is -2.47. The molecule has 1 spiro atoms. The minimum Gasteiger partial charge on any atom is -0.375 e. The first-order valence-corrected chi connectivity index (χ1v) is 9.06. The number of piperidine rings is 1. The van der Waals surface area contributed by atoms with E-state index in [1.807, 2.05) is 30.9 Å². The second-order valence-corrected chi connectivity index (χ2v) is 7.81. The third kappa shape index (κ3) is 3.65. The Morgan fingerprint density at radius 3 is 2.38 bits per heavy atom. The third-order valence-corrected chi connectivity index (χ3v) is 5.63. The average molecular weight is 330 g/mol. The summed E-state index contributed by atoms with van der Waals surface area (Å²) in [5.41, 5.74) is 3.10. The van der Waals surface area contributed by atoms with E-state index in [4.69, 9.17) is 4.74 Å². The van der Waals surface area contributed by atoms with Crippen LogP contribution in [0.15, 0.2) is 18.2 Å². The molecule has 4 heteroatoms. The van der Waals surface area contributed by atoms with Crippen molar-refractivity contribution in [2.24, 2.45) is 0 Å². The molecule has 1 atom stereocenters. The molecule has 1 aromatic rings. The van der Waals surface area contributed by atoms with Crippen molar-refractivity contribution < 1.29 is 9.53 Å². The van der Waals surface area contributed by atoms with Crippen LogP contribution in [0.1, 0.15) is 47.2 Å². The number of benzene rings is 1. The zero-order valence-electron chi connectivity index (χ0n) is 15.5. The predicted molar refractivity (Wildman–Crippen MR) is 96.4 cm³/mol. The normalized spacial score (nSPS) is 23.7. The van der Waals surface area contributed by atoms with Crippen molar-refractivity contribution >= 4 is 5.91 Å². The van der Waals surface area contributed by atoms with Crippen molar-refractivity contribution in [2.45, 2.75) is 51.2 Å². The Labute approximate surface area is 145 Å². The molecule has 0 N–H and O–H groups in total. The lowest BCUT2D eigenvalue weighted by Crippen LogP contribution is -2.53. The van der Waals surface area contributed by atoms with Gasteiger partial charge in [-0.05, 0) is 65.8 Å². The Hall–Kier alpha value is -1.39. The molecule has 0 aliphatic carbocycles. The summed E-state index contributed by atoms with van der Waals surface area (Å²) in [5.74, 6) is 0.164. The number of hydrogen-bond acceptors (Lipinski definition) is 3. The first-order chi connectivity index (χ1) is 11.4. The first kappa shape index (κ1) is 17.4. The number of ether oxygens (including phenoxy) is 1. The van der Waals surface area contributed by atoms with Crippen LogP contribution >= 0.6 is 0 Å². The van der Waals surface area contributed by atoms with E-state index in [0.717, 1.165) is 62.1 Å². The van der Waals surface area contributed by atoms with E-state index in [-0.39, 0.29) is 11.5 Å². The van der Waals surface area contributed by atoms with Crippen LogP contribution in [-0.2, 0) is 4.74 Å². The first-order valence-electron chi connectivity index (χ1n) is 9.06. The third-order valence-electron chi connectivity index (χ3n) is 5.63. The van der Waals surface area contributed by atoms with Gasteiger partial charge in [-0.25, -0.2) is 0 Å². The maximum atomic E-state index is 12.8. The van der Waals surface area contributed by atoms with Crippen LogP contribution in [0.3, 0.4) is 0 Å². The molecular weight excluding hydrogens is 300 g/mol. The quantitative estimate of drug-likeness (QED) is 0.836. The van der Waals surface area contributed by atoms with E-state index in [2.05, 4.69) is 25.1 Å². The highest BCUT2D eigenvalue weighted by molar-refractivity contribution is 5.94. The fourth-order valence-corrected chi connectivity index (χ4v) is 4.19. The molecule has 0 bridgehead atoms. The molecule has 0 aromatic heterocycles. The van der Waals surface area contributed by atoms with Crippen molar-refractivity contribution in [3.8, 4) is 0 Å². The van der Waals surface area contributed by atoms with Gasteiger partial charge in [0.2, 0.25) is 0 Å². The van der Waals surface area contributed by atoms with Crippen molar-refractivity contribution in [1.29, 1.82) is 0 Å². The van der Waals surface area contributed by atoms with Crippen LogP contribution in [0.4, 0.5) is 0 Å². The number of amides is 1. The number of rotatable bonds is 2. The van der Waals surface area contributed by atoms with E-state index in [0.29, 0.717) is 6.04 Å². The Kier molecular flexibility index (Phi) is 4.97. The molecule has 2 aliphatic rings. The van der Waals surface area contributed by atoms with Gasteiger partial charge < -0.3 is 14.5 Å². The summed E-state index contributed by atoms with van der Waals surface area (Å²) in [4.78, 5) is 17.1. The van der Waals surface area contributed by atoms with Crippen molar-refractivity contribution in [2.75, 3.05) is 33.8 Å². The molecule has 24 heavy (non-hydrogen) atoms. The zero-order chi connectivity index (χ0) is 17.3. The summed E-state index contributed by atoms with van der Waals surface area (Å²) < 4.78 is 6.19. The Bertz CT molecular complexity index is 583. The highest BCUT2D eigenvalue weighted by Crippen LogP contribution is 2.36. The lowest BCUT2D eigenvalue weighted by molar-refractivity contribution is -0.125. The molecule has 1 aromatic carbocycles. The summed E-state index contributed by atoms with van der Waals surface area (Å²) in [6.45, 7) is 6.53. The van der Waals surface area contributed by atoms with Crippen LogP contribution < -0.4 is 0 Å². The zero-order valence-corrected chi connectivity index (χ0v) is 15.5. The lowest BCUT2D eigenvalue weighted by atomic mass is 9.82. The van der Waals surface area contributed by atoms with Gasteiger partial charge in [0, 0.05) is 31.3 Å². The van der Waals surface area contributed by atoms with E-state index in [1.54, 1.807) is 0 Å². The molecule has 1 amide bonds. The number of carbonyl (C=O) groups excluding carboxylic acids is 1. The highest BCUT2D eigenvalue weighted by Gasteiger charge is 2.41. The van der Waals surface area contributed by atoms with Crippen LogP contribution in [0.5, 0.6) is 0 Å². The van der Waals surface area contributed by atoms with Gasteiger partial charge in [-0.3, -0.25) is 4.79 Å². The Morgan fingerprint density at radius 2 is 1.79 bits per heavy atom. The predicted octanol–water partition coefficient (Wildman–Crippen LogP) is 3.02. The molecule has 2 aliphatic heterocycles. The summed E-state index contributed by atoms with van der Waals surface area (Å²) in [5, 5.41) is 0.